The molecule has 0 bridgehead atoms. The fourth-order valence-electron chi connectivity index (χ4n) is 3.62. The summed E-state index contributed by atoms with van der Waals surface area (Å²) < 4.78 is 15.8. The van der Waals surface area contributed by atoms with Gasteiger partial charge in [-0.1, -0.05) is 17.7 Å². The Morgan fingerprint density at radius 3 is 2.49 bits per heavy atom. The summed E-state index contributed by atoms with van der Waals surface area (Å²) in [7, 11) is 1.59. The number of methoxy groups -OCH3 is 1. The first-order valence-corrected chi connectivity index (χ1v) is 11.0. The predicted octanol–water partition coefficient (Wildman–Crippen LogP) is 3.25. The predicted molar refractivity (Wildman–Crippen MR) is 127 cm³/mol. The summed E-state index contributed by atoms with van der Waals surface area (Å²) >= 11 is 0. The molecule has 0 radical (unpaired) electrons. The average Bonchev–Trinajstić information content (AvgIpc) is 3.56. The molecule has 2 heterocycles. The molecule has 1 atom stereocenters. The zero-order chi connectivity index (χ0) is 24.8. The number of hydrogen-bond acceptors (Lipinski definition) is 7. The van der Waals surface area contributed by atoms with Crippen molar-refractivity contribution in [1.82, 2.24) is 10.3 Å². The zero-order valence-corrected chi connectivity index (χ0v) is 19.4. The topological polar surface area (TPSA) is 110 Å². The van der Waals surface area contributed by atoms with Crippen LogP contribution in [0.3, 0.4) is 0 Å². The highest BCUT2D eigenvalue weighted by molar-refractivity contribution is 6.03. The van der Waals surface area contributed by atoms with Crippen LogP contribution in [0.2, 0.25) is 0 Å². The second-order valence-corrected chi connectivity index (χ2v) is 7.96. The van der Waals surface area contributed by atoms with E-state index in [1.165, 1.54) is 11.3 Å². The molecule has 2 aromatic carbocycles. The van der Waals surface area contributed by atoms with Crippen molar-refractivity contribution in [3.63, 3.8) is 0 Å². The van der Waals surface area contributed by atoms with Gasteiger partial charge in [-0.3, -0.25) is 14.4 Å². The Morgan fingerprint density at radius 1 is 1.09 bits per heavy atom. The second kappa shape index (κ2) is 10.7. The lowest BCUT2D eigenvalue weighted by Gasteiger charge is -2.19. The van der Waals surface area contributed by atoms with Gasteiger partial charge in [-0.15, -0.1) is 0 Å². The molecule has 0 unspecified atom stereocenters. The molecule has 0 aliphatic carbocycles. The molecule has 3 aromatic rings. The minimum Gasteiger partial charge on any atom is -0.497 e. The van der Waals surface area contributed by atoms with Gasteiger partial charge >= 0.3 is 5.97 Å². The largest absolute Gasteiger partial charge is 0.497 e. The van der Waals surface area contributed by atoms with Crippen LogP contribution in [0.1, 0.15) is 39.7 Å². The number of amides is 2. The van der Waals surface area contributed by atoms with Gasteiger partial charge in [0.1, 0.15) is 24.1 Å². The van der Waals surface area contributed by atoms with Gasteiger partial charge in [-0.05, 0) is 61.0 Å². The van der Waals surface area contributed by atoms with E-state index in [-0.39, 0.29) is 6.54 Å². The van der Waals surface area contributed by atoms with Crippen LogP contribution in [0, 0.1) is 6.92 Å². The van der Waals surface area contributed by atoms with E-state index in [0.717, 1.165) is 11.1 Å². The standard InChI is InChI=1S/C26H25N3O6/c1-17-5-7-19(8-6-17)26(32)27-15-25(31)35-16-24(30)29-22(23-4-3-13-34-23)14-21(28-29)18-9-11-20(33-2)12-10-18/h3-13,22H,14-16H2,1-2H3,(H,27,32)/t22-/m0/s1. The summed E-state index contributed by atoms with van der Waals surface area (Å²) in [6, 6.07) is 17.3. The molecule has 4 rings (SSSR count). The highest BCUT2D eigenvalue weighted by Gasteiger charge is 2.35. The number of nitrogens with one attached hydrogen (secondary N) is 1. The van der Waals surface area contributed by atoms with E-state index in [4.69, 9.17) is 13.9 Å². The molecule has 0 saturated heterocycles. The lowest BCUT2D eigenvalue weighted by Crippen LogP contribution is -2.34. The molecular weight excluding hydrogens is 450 g/mol. The van der Waals surface area contributed by atoms with Gasteiger partial charge in [0.15, 0.2) is 6.61 Å². The van der Waals surface area contributed by atoms with Gasteiger partial charge in [0.2, 0.25) is 0 Å². The number of hydrazone groups is 1. The number of carbonyl (C=O) groups is 3. The average molecular weight is 476 g/mol. The van der Waals surface area contributed by atoms with Gasteiger partial charge in [0.25, 0.3) is 11.8 Å². The Hall–Kier alpha value is -4.40. The number of aryl methyl sites for hydroxylation is 1. The number of rotatable bonds is 8. The quantitative estimate of drug-likeness (QED) is 0.501. The lowest BCUT2D eigenvalue weighted by molar-refractivity contribution is -0.152. The molecule has 2 amide bonds. The van der Waals surface area contributed by atoms with Crippen LogP contribution in [-0.4, -0.2) is 48.8 Å². The fourth-order valence-corrected chi connectivity index (χ4v) is 3.62. The Balaban J connectivity index is 1.37. The number of furan rings is 1. The van der Waals surface area contributed by atoms with Gasteiger partial charge in [-0.25, -0.2) is 5.01 Å². The van der Waals surface area contributed by atoms with Crippen molar-refractivity contribution in [3.8, 4) is 5.75 Å². The molecule has 0 spiro atoms. The highest BCUT2D eigenvalue weighted by Crippen LogP contribution is 2.33. The number of esters is 1. The number of hydrogen-bond donors (Lipinski definition) is 1. The lowest BCUT2D eigenvalue weighted by atomic mass is 10.0. The van der Waals surface area contributed by atoms with E-state index in [2.05, 4.69) is 10.4 Å². The maximum atomic E-state index is 12.9. The molecule has 1 aromatic heterocycles. The van der Waals surface area contributed by atoms with Crippen LogP contribution < -0.4 is 10.1 Å². The van der Waals surface area contributed by atoms with E-state index in [9.17, 15) is 14.4 Å². The Labute approximate surface area is 202 Å². The second-order valence-electron chi connectivity index (χ2n) is 7.96. The van der Waals surface area contributed by atoms with Crippen molar-refractivity contribution in [2.24, 2.45) is 5.10 Å². The zero-order valence-electron chi connectivity index (χ0n) is 19.4. The third kappa shape index (κ3) is 5.75. The minimum atomic E-state index is -0.730. The molecular formula is C26H25N3O6. The Morgan fingerprint density at radius 2 is 1.83 bits per heavy atom. The van der Waals surface area contributed by atoms with Crippen LogP contribution >= 0.6 is 0 Å². The van der Waals surface area contributed by atoms with Crippen LogP contribution in [0.25, 0.3) is 0 Å². The normalized spacial score (nSPS) is 14.9. The number of carbonyl (C=O) groups excluding carboxylic acids is 3. The van der Waals surface area contributed by atoms with Gasteiger partial charge in [-0.2, -0.15) is 5.10 Å². The van der Waals surface area contributed by atoms with Crippen molar-refractivity contribution in [2.75, 3.05) is 20.3 Å². The van der Waals surface area contributed by atoms with E-state index in [1.807, 2.05) is 31.2 Å². The molecule has 180 valence electrons. The van der Waals surface area contributed by atoms with Crippen molar-refractivity contribution >= 4 is 23.5 Å². The number of ether oxygens (including phenoxy) is 2. The Bertz CT molecular complexity index is 1220. The first-order chi connectivity index (χ1) is 16.9. The molecule has 35 heavy (non-hydrogen) atoms. The van der Waals surface area contributed by atoms with Gasteiger partial charge in [0, 0.05) is 12.0 Å². The number of benzene rings is 2. The smallest absolute Gasteiger partial charge is 0.325 e. The summed E-state index contributed by atoms with van der Waals surface area (Å²) in [5, 5.41) is 8.25. The monoisotopic (exact) mass is 475 g/mol. The summed E-state index contributed by atoms with van der Waals surface area (Å²) in [5.41, 5.74) is 2.98. The van der Waals surface area contributed by atoms with E-state index in [0.29, 0.717) is 29.2 Å². The highest BCUT2D eigenvalue weighted by atomic mass is 16.5. The van der Waals surface area contributed by atoms with Crippen molar-refractivity contribution in [1.29, 1.82) is 0 Å². The summed E-state index contributed by atoms with van der Waals surface area (Å²) in [6.07, 6.45) is 1.96. The van der Waals surface area contributed by atoms with Crippen LogP contribution in [-0.2, 0) is 14.3 Å². The van der Waals surface area contributed by atoms with Crippen molar-refractivity contribution in [2.45, 2.75) is 19.4 Å². The first kappa shape index (κ1) is 23.7. The maximum absolute atomic E-state index is 12.9. The summed E-state index contributed by atoms with van der Waals surface area (Å²) in [6.45, 7) is 1.04. The molecule has 1 aliphatic rings. The maximum Gasteiger partial charge on any atom is 0.325 e. The third-order valence-corrected chi connectivity index (χ3v) is 5.52. The van der Waals surface area contributed by atoms with E-state index in [1.54, 1.807) is 43.5 Å². The van der Waals surface area contributed by atoms with Crippen LogP contribution in [0.15, 0.2) is 76.4 Å². The molecule has 0 saturated carbocycles. The Kier molecular flexibility index (Phi) is 7.25. The molecule has 1 N–H and O–H groups in total. The minimum absolute atomic E-state index is 0.359. The van der Waals surface area contributed by atoms with E-state index < -0.39 is 30.4 Å². The SMILES string of the molecule is COc1ccc(C2=NN(C(=O)COC(=O)CNC(=O)c3ccc(C)cc3)[C@H](c3ccco3)C2)cc1. The third-order valence-electron chi connectivity index (χ3n) is 5.52. The molecule has 9 nitrogen and oxygen atoms in total. The van der Waals surface area contributed by atoms with Gasteiger partial charge in [0.05, 0.1) is 19.1 Å². The molecule has 9 heteroatoms. The van der Waals surface area contributed by atoms with Crippen molar-refractivity contribution < 1.29 is 28.3 Å². The first-order valence-electron chi connectivity index (χ1n) is 11.0. The van der Waals surface area contributed by atoms with Crippen LogP contribution in [0.4, 0.5) is 0 Å². The molecule has 1 aliphatic heterocycles. The number of nitrogens with zero attached hydrogens (tertiary/aromatic N) is 2. The van der Waals surface area contributed by atoms with Gasteiger partial charge < -0.3 is 19.2 Å². The van der Waals surface area contributed by atoms with Crippen LogP contribution in [0.5, 0.6) is 5.75 Å². The van der Waals surface area contributed by atoms with E-state index >= 15 is 0 Å². The summed E-state index contributed by atoms with van der Waals surface area (Å²) in [4.78, 5) is 37.2. The fraction of sp³-hybridized carbons (Fsp3) is 0.231. The van der Waals surface area contributed by atoms with Crippen molar-refractivity contribution in [3.05, 3.63) is 89.4 Å². The summed E-state index contributed by atoms with van der Waals surface area (Å²) in [5.74, 6) is -0.356. The molecule has 0 fully saturated rings.